The molecule has 26 amide bonds. The van der Waals surface area contributed by atoms with E-state index in [-0.39, 0.29) is 17.9 Å². The normalized spacial score (nSPS) is 10.3. The van der Waals surface area contributed by atoms with Gasteiger partial charge in [0.2, 0.25) is 0 Å². The Morgan fingerprint density at radius 2 is 0.771 bits per heavy atom. The number of hydrazine groups is 1. The zero-order valence-electron chi connectivity index (χ0n) is 36.9. The summed E-state index contributed by atoms with van der Waals surface area (Å²) >= 11 is 0. The number of imide groups is 12. The van der Waals surface area contributed by atoms with E-state index in [2.05, 4.69) is 5.32 Å². The minimum atomic E-state index is -1.70. The predicted molar refractivity (Wildman–Crippen MR) is 237 cm³/mol. The van der Waals surface area contributed by atoms with Gasteiger partial charge in [0.25, 0.3) is 11.8 Å². The zero-order valence-corrected chi connectivity index (χ0v) is 36.9. The Morgan fingerprint density at radius 1 is 0.443 bits per heavy atom. The summed E-state index contributed by atoms with van der Waals surface area (Å²) in [6.45, 7) is 3.44. The number of urea groups is 12. The third-order valence-electron chi connectivity index (χ3n) is 8.40. The van der Waals surface area contributed by atoms with Crippen LogP contribution in [-0.2, 0) is 4.79 Å². The SMILES string of the molecule is CC(C)CC(NC(=O)NC(=O)NC(=O)NC(=O)NC(=O)NC(=O)NC(=O)NC(=O)NC(=O)NC(=O)NC(=O)NC(=O)NC(=O)c1cccc(-c2ccc(-c3ccccc3)cc2)c1)C(=O)N(C)N(C)C#N. The zero-order chi connectivity index (χ0) is 52.1. The molecular weight excluding hydrogens is 929 g/mol. The fourth-order valence-corrected chi connectivity index (χ4v) is 5.31. The first-order chi connectivity index (χ1) is 33.0. The average molecular weight is 971 g/mol. The lowest BCUT2D eigenvalue weighted by Gasteiger charge is -2.28. The van der Waals surface area contributed by atoms with Crippen molar-refractivity contribution in [2.24, 2.45) is 5.92 Å². The van der Waals surface area contributed by atoms with Crippen LogP contribution in [0.2, 0.25) is 0 Å². The lowest BCUT2D eigenvalue weighted by atomic mass is 9.99. The number of likely N-dealkylation sites (N-methyl/N-ethyl adjacent to an activating group) is 1. The molecule has 0 saturated heterocycles. The van der Waals surface area contributed by atoms with Crippen LogP contribution >= 0.6 is 0 Å². The van der Waals surface area contributed by atoms with Gasteiger partial charge in [-0.1, -0.05) is 80.6 Å². The molecule has 3 aromatic rings. The lowest BCUT2D eigenvalue weighted by molar-refractivity contribution is -0.142. The molecule has 1 unspecified atom stereocenters. The Labute approximate surface area is 394 Å². The fraction of sp³-hybridized carbons (Fsp3) is 0.175. The number of amides is 26. The number of rotatable bonds is 8. The van der Waals surface area contributed by atoms with Crippen LogP contribution in [0.4, 0.5) is 57.5 Å². The van der Waals surface area contributed by atoms with Gasteiger partial charge in [-0.05, 0) is 46.7 Å². The molecule has 0 saturated carbocycles. The van der Waals surface area contributed by atoms with Crippen molar-refractivity contribution in [2.45, 2.75) is 26.3 Å². The second-order valence-corrected chi connectivity index (χ2v) is 14.1. The first-order valence-corrected chi connectivity index (χ1v) is 19.7. The molecule has 3 aromatic carbocycles. The van der Waals surface area contributed by atoms with Gasteiger partial charge >= 0.3 is 72.4 Å². The molecule has 0 bridgehead atoms. The first kappa shape index (κ1) is 53.9. The topological polar surface area (TPSA) is 426 Å². The van der Waals surface area contributed by atoms with Gasteiger partial charge in [-0.3, -0.25) is 73.4 Å². The second kappa shape index (κ2) is 25.9. The molecule has 3 rings (SSSR count). The third kappa shape index (κ3) is 18.6. The van der Waals surface area contributed by atoms with Gasteiger partial charge in [-0.15, -0.1) is 0 Å². The van der Waals surface area contributed by atoms with Gasteiger partial charge in [-0.25, -0.2) is 67.6 Å². The van der Waals surface area contributed by atoms with E-state index >= 15 is 0 Å². The maximum absolute atomic E-state index is 12.7. The predicted octanol–water partition coefficient (Wildman–Crippen LogP) is 1.47. The highest BCUT2D eigenvalue weighted by Crippen LogP contribution is 2.25. The van der Waals surface area contributed by atoms with E-state index in [9.17, 15) is 67.1 Å². The molecule has 13 N–H and O–H groups in total. The highest BCUT2D eigenvalue weighted by atomic mass is 16.2. The Hall–Kier alpha value is -10.5. The summed E-state index contributed by atoms with van der Waals surface area (Å²) in [5, 5.41) is 30.8. The third-order valence-corrected chi connectivity index (χ3v) is 8.40. The monoisotopic (exact) mass is 970 g/mol. The number of hydrogen-bond donors (Lipinski definition) is 13. The molecule has 1 atom stereocenters. The maximum atomic E-state index is 12.7. The van der Waals surface area contributed by atoms with Crippen LogP contribution in [0.5, 0.6) is 0 Å². The summed E-state index contributed by atoms with van der Waals surface area (Å²) in [6.07, 6.45) is 1.77. The van der Waals surface area contributed by atoms with Crippen molar-refractivity contribution in [3.8, 4) is 28.4 Å². The smallest absolute Gasteiger partial charge is 0.326 e. The lowest BCUT2D eigenvalue weighted by Crippen LogP contribution is -2.57. The summed E-state index contributed by atoms with van der Waals surface area (Å²) in [5.41, 5.74) is 3.40. The fourth-order valence-electron chi connectivity index (χ4n) is 5.31. The van der Waals surface area contributed by atoms with Crippen LogP contribution in [0.25, 0.3) is 22.3 Å². The van der Waals surface area contributed by atoms with Crippen LogP contribution in [-0.4, -0.2) is 114 Å². The van der Waals surface area contributed by atoms with Gasteiger partial charge in [0, 0.05) is 19.7 Å². The number of carbonyl (C=O) groups is 14. The Balaban J connectivity index is 1.33. The van der Waals surface area contributed by atoms with Crippen molar-refractivity contribution in [1.82, 2.24) is 79.1 Å². The van der Waals surface area contributed by atoms with Crippen LogP contribution in [0, 0.1) is 17.4 Å². The highest BCUT2D eigenvalue weighted by molar-refractivity contribution is 6.13. The maximum Gasteiger partial charge on any atom is 0.330 e. The van der Waals surface area contributed by atoms with E-state index in [4.69, 9.17) is 5.26 Å². The van der Waals surface area contributed by atoms with Gasteiger partial charge in [-0.2, -0.15) is 5.26 Å². The van der Waals surface area contributed by atoms with Gasteiger partial charge < -0.3 is 5.32 Å². The van der Waals surface area contributed by atoms with Gasteiger partial charge in [0.15, 0.2) is 6.19 Å². The largest absolute Gasteiger partial charge is 0.330 e. The molecule has 30 heteroatoms. The van der Waals surface area contributed by atoms with Crippen molar-refractivity contribution in [1.29, 1.82) is 5.26 Å². The number of nitriles is 1. The molecule has 0 aliphatic heterocycles. The van der Waals surface area contributed by atoms with E-state index < -0.39 is 90.2 Å². The molecule has 366 valence electrons. The summed E-state index contributed by atoms with van der Waals surface area (Å²) < 4.78 is 0. The summed E-state index contributed by atoms with van der Waals surface area (Å²) in [7, 11) is 2.53. The van der Waals surface area contributed by atoms with Crippen LogP contribution in [0.3, 0.4) is 0 Å². The summed E-state index contributed by atoms with van der Waals surface area (Å²) in [4.78, 5) is 170. The molecule has 70 heavy (non-hydrogen) atoms. The van der Waals surface area contributed by atoms with E-state index in [1.807, 2.05) is 59.9 Å². The molecular formula is C40H42N16O14. The van der Waals surface area contributed by atoms with Crippen LogP contribution in [0.15, 0.2) is 78.9 Å². The van der Waals surface area contributed by atoms with Gasteiger partial charge in [0.1, 0.15) is 6.04 Å². The van der Waals surface area contributed by atoms with Crippen LogP contribution in [0.1, 0.15) is 30.6 Å². The molecule has 0 radical (unpaired) electrons. The molecule has 0 aromatic heterocycles. The van der Waals surface area contributed by atoms with Crippen molar-refractivity contribution in [3.05, 3.63) is 84.4 Å². The Kier molecular flexibility index (Phi) is 19.9. The first-order valence-electron chi connectivity index (χ1n) is 19.7. The molecule has 0 aliphatic carbocycles. The van der Waals surface area contributed by atoms with Crippen LogP contribution < -0.4 is 69.1 Å². The number of nitrogens with one attached hydrogen (secondary N) is 13. The molecule has 0 fully saturated rings. The summed E-state index contributed by atoms with van der Waals surface area (Å²) in [5.74, 6) is -1.79. The standard InChI is InChI=1S/C40H42N16O14/c1-20(2)17-26(28(58)56(4)55(3)19-41)42-29(59)44-31(61)46-33(63)48-35(65)50-37(67)52-39(69)54-40(70)53-38(68)51-36(66)49-34(64)47-32(62)45-30(60)43-27(57)25-12-8-11-24(18-25)23-15-13-22(14-16-23)21-9-6-5-7-10-21/h5-16,18,20,26H,17H2,1-4H3,(H13,42,43,44,45,46,47,48,49,50,51,52,53,54,57,59,60,61,62,63,64,65,66,67,68,69,70). The van der Waals surface area contributed by atoms with Gasteiger partial charge in [0.05, 0.1) is 0 Å². The van der Waals surface area contributed by atoms with E-state index in [0.717, 1.165) is 26.7 Å². The second-order valence-electron chi connectivity index (χ2n) is 14.1. The number of nitrogens with zero attached hydrogens (tertiary/aromatic N) is 3. The average Bonchev–Trinajstić information content (AvgIpc) is 3.27. The molecule has 0 aliphatic rings. The summed E-state index contributed by atoms with van der Waals surface area (Å²) in [6, 6.07) is 3.02. The van der Waals surface area contributed by atoms with Crippen molar-refractivity contribution in [3.63, 3.8) is 0 Å². The van der Waals surface area contributed by atoms with E-state index in [1.54, 1.807) is 42.8 Å². The Bertz CT molecular complexity index is 2620. The minimum Gasteiger partial charge on any atom is -0.326 e. The number of carbonyl (C=O) groups excluding carboxylic acids is 14. The molecule has 30 nitrogen and oxygen atoms in total. The number of hydrogen-bond acceptors (Lipinski definition) is 16. The van der Waals surface area contributed by atoms with E-state index in [0.29, 0.717) is 5.56 Å². The Morgan fingerprint density at radius 3 is 1.14 bits per heavy atom. The van der Waals surface area contributed by atoms with Crippen molar-refractivity contribution >= 4 is 84.2 Å². The van der Waals surface area contributed by atoms with Crippen molar-refractivity contribution in [2.75, 3.05) is 14.1 Å². The highest BCUT2D eigenvalue weighted by Gasteiger charge is 2.28. The molecule has 0 spiro atoms. The molecule has 0 heterocycles. The minimum absolute atomic E-state index is 0.0364. The quantitative estimate of drug-likeness (QED) is 0.0863. The van der Waals surface area contributed by atoms with E-state index in [1.165, 1.54) is 74.1 Å². The number of benzene rings is 3. The van der Waals surface area contributed by atoms with Crippen molar-refractivity contribution < 1.29 is 67.1 Å².